The topological polar surface area (TPSA) is 75.9 Å². The van der Waals surface area contributed by atoms with Crippen molar-refractivity contribution in [3.63, 3.8) is 0 Å². The fourth-order valence-electron chi connectivity index (χ4n) is 1.64. The molecule has 0 unspecified atom stereocenters. The Morgan fingerprint density at radius 2 is 1.68 bits per heavy atom. The molecule has 0 spiro atoms. The summed E-state index contributed by atoms with van der Waals surface area (Å²) in [5.74, 6) is 3.55. The Kier molecular flexibility index (Phi) is 3.42. The molecule has 0 aliphatic carbocycles. The average molecular weight is 261 g/mol. The normalized spacial score (nSPS) is 11.4. The van der Waals surface area contributed by atoms with Gasteiger partial charge in [0, 0.05) is 17.7 Å². The van der Waals surface area contributed by atoms with E-state index in [1.54, 1.807) is 0 Å². The van der Waals surface area contributed by atoms with Gasteiger partial charge in [0.1, 0.15) is 23.2 Å². The first-order chi connectivity index (χ1) is 8.82. The third kappa shape index (κ3) is 3.94. The smallest absolute Gasteiger partial charge is 0.175 e. The van der Waals surface area contributed by atoms with E-state index in [1.807, 2.05) is 26.0 Å². The summed E-state index contributed by atoms with van der Waals surface area (Å²) in [4.78, 5) is 8.68. The maximum Gasteiger partial charge on any atom is 0.175 e. The van der Waals surface area contributed by atoms with E-state index in [0.717, 1.165) is 11.6 Å². The van der Waals surface area contributed by atoms with Gasteiger partial charge in [-0.15, -0.1) is 0 Å². The number of anilines is 3. The van der Waals surface area contributed by atoms with Crippen LogP contribution in [0.1, 0.15) is 32.4 Å². The molecule has 2 heterocycles. The Bertz CT molecular complexity index is 571. The predicted octanol–water partition coefficient (Wildman–Crippen LogP) is 3.04. The van der Waals surface area contributed by atoms with Gasteiger partial charge in [0.15, 0.2) is 5.82 Å². The van der Waals surface area contributed by atoms with Crippen LogP contribution in [0.5, 0.6) is 0 Å². The Balaban J connectivity index is 2.21. The monoisotopic (exact) mass is 261 g/mol. The van der Waals surface area contributed by atoms with Crippen LogP contribution in [0.15, 0.2) is 16.7 Å². The van der Waals surface area contributed by atoms with Crippen LogP contribution in [0.2, 0.25) is 0 Å². The number of aryl methyl sites for hydroxylation is 2. The molecule has 0 aromatic carbocycles. The lowest BCUT2D eigenvalue weighted by atomic mass is 10.1. The molecule has 0 aliphatic heterocycles. The first-order valence-corrected chi connectivity index (χ1v) is 6.16. The average Bonchev–Trinajstić information content (AvgIpc) is 2.60. The van der Waals surface area contributed by atoms with Crippen molar-refractivity contribution in [3.05, 3.63) is 23.7 Å². The largest absolute Gasteiger partial charge is 0.365 e. The number of rotatable bonds is 3. The van der Waals surface area contributed by atoms with E-state index in [4.69, 9.17) is 4.52 Å². The first kappa shape index (κ1) is 13.3. The molecule has 2 rings (SSSR count). The van der Waals surface area contributed by atoms with Crippen LogP contribution in [0.25, 0.3) is 0 Å². The van der Waals surface area contributed by atoms with Crippen LogP contribution in [-0.2, 0) is 0 Å². The molecule has 0 saturated carbocycles. The molecule has 0 amide bonds. The molecular weight excluding hydrogens is 242 g/mol. The summed E-state index contributed by atoms with van der Waals surface area (Å²) in [5, 5.41) is 10.3. The minimum Gasteiger partial charge on any atom is -0.365 e. The molecule has 0 bridgehead atoms. The molecule has 0 saturated heterocycles. The zero-order chi connectivity index (χ0) is 14.0. The quantitative estimate of drug-likeness (QED) is 0.884. The molecule has 0 fully saturated rings. The second-order valence-electron chi connectivity index (χ2n) is 5.51. The number of nitrogens with one attached hydrogen (secondary N) is 2. The van der Waals surface area contributed by atoms with Gasteiger partial charge in [-0.05, 0) is 34.6 Å². The van der Waals surface area contributed by atoms with Gasteiger partial charge >= 0.3 is 0 Å². The lowest BCUT2D eigenvalue weighted by Gasteiger charge is -2.21. The van der Waals surface area contributed by atoms with Crippen molar-refractivity contribution < 1.29 is 4.52 Å². The van der Waals surface area contributed by atoms with E-state index in [9.17, 15) is 0 Å². The molecule has 6 nitrogen and oxygen atoms in total. The molecule has 2 aromatic heterocycles. The molecular formula is C13H19N5O. The summed E-state index contributed by atoms with van der Waals surface area (Å²) in [6.45, 7) is 9.94. The van der Waals surface area contributed by atoms with Crippen molar-refractivity contribution in [1.29, 1.82) is 0 Å². The van der Waals surface area contributed by atoms with E-state index < -0.39 is 0 Å². The molecule has 0 radical (unpaired) electrons. The van der Waals surface area contributed by atoms with Crippen molar-refractivity contribution in [1.82, 2.24) is 15.1 Å². The number of hydrogen-bond donors (Lipinski definition) is 2. The van der Waals surface area contributed by atoms with Crippen LogP contribution < -0.4 is 10.6 Å². The summed E-state index contributed by atoms with van der Waals surface area (Å²) in [6, 6.07) is 3.66. The molecule has 19 heavy (non-hydrogen) atoms. The molecule has 102 valence electrons. The summed E-state index contributed by atoms with van der Waals surface area (Å²) in [5.41, 5.74) is -0.0530. The Labute approximate surface area is 112 Å². The number of aromatic nitrogens is 3. The summed E-state index contributed by atoms with van der Waals surface area (Å²) in [6.07, 6.45) is 0. The van der Waals surface area contributed by atoms with Crippen LogP contribution >= 0.6 is 0 Å². The van der Waals surface area contributed by atoms with Crippen molar-refractivity contribution in [3.8, 4) is 0 Å². The minimum atomic E-state index is -0.0530. The van der Waals surface area contributed by atoms with Gasteiger partial charge in [-0.25, -0.2) is 9.97 Å². The van der Waals surface area contributed by atoms with E-state index in [2.05, 4.69) is 46.5 Å². The van der Waals surface area contributed by atoms with Gasteiger partial charge < -0.3 is 15.2 Å². The molecule has 0 atom stereocenters. The third-order valence-corrected chi connectivity index (χ3v) is 2.23. The van der Waals surface area contributed by atoms with E-state index in [-0.39, 0.29) is 5.54 Å². The highest BCUT2D eigenvalue weighted by Gasteiger charge is 2.12. The van der Waals surface area contributed by atoms with Crippen molar-refractivity contribution >= 4 is 17.5 Å². The zero-order valence-corrected chi connectivity index (χ0v) is 11.9. The highest BCUT2D eigenvalue weighted by molar-refractivity contribution is 5.56. The molecule has 0 aliphatic rings. The second kappa shape index (κ2) is 4.87. The van der Waals surface area contributed by atoms with E-state index in [1.165, 1.54) is 0 Å². The summed E-state index contributed by atoms with van der Waals surface area (Å²) in [7, 11) is 0. The Morgan fingerprint density at radius 1 is 1.00 bits per heavy atom. The Hall–Kier alpha value is -2.11. The number of nitrogens with zero attached hydrogens (tertiary/aromatic N) is 3. The van der Waals surface area contributed by atoms with Gasteiger partial charge in [0.05, 0.1) is 0 Å². The van der Waals surface area contributed by atoms with Gasteiger partial charge in [-0.3, -0.25) is 0 Å². The minimum absolute atomic E-state index is 0.0530. The van der Waals surface area contributed by atoms with Crippen LogP contribution in [-0.4, -0.2) is 20.7 Å². The van der Waals surface area contributed by atoms with Crippen LogP contribution in [0.3, 0.4) is 0 Å². The summed E-state index contributed by atoms with van der Waals surface area (Å²) < 4.78 is 5.01. The van der Waals surface area contributed by atoms with E-state index in [0.29, 0.717) is 17.5 Å². The fraction of sp³-hybridized carbons (Fsp3) is 0.462. The third-order valence-electron chi connectivity index (χ3n) is 2.23. The van der Waals surface area contributed by atoms with Crippen LogP contribution in [0, 0.1) is 13.8 Å². The lowest BCUT2D eigenvalue weighted by Crippen LogP contribution is -2.26. The van der Waals surface area contributed by atoms with Gasteiger partial charge in [0.25, 0.3) is 0 Å². The lowest BCUT2D eigenvalue weighted by molar-refractivity contribution is 0.400. The molecule has 2 aromatic rings. The standard InChI is InChI=1S/C13H19N5O/c1-8-6-12(18-19-8)16-10-7-11(15-9(2)14-10)17-13(3,4)5/h6-7H,1-5H3,(H2,14,15,16,17,18). The first-order valence-electron chi connectivity index (χ1n) is 6.16. The molecule has 6 heteroatoms. The van der Waals surface area contributed by atoms with Gasteiger partial charge in [-0.1, -0.05) is 5.16 Å². The highest BCUT2D eigenvalue weighted by atomic mass is 16.5. The summed E-state index contributed by atoms with van der Waals surface area (Å²) >= 11 is 0. The van der Waals surface area contributed by atoms with Gasteiger partial charge in [-0.2, -0.15) is 0 Å². The molecule has 2 N–H and O–H groups in total. The zero-order valence-electron chi connectivity index (χ0n) is 11.9. The second-order valence-corrected chi connectivity index (χ2v) is 5.51. The van der Waals surface area contributed by atoms with E-state index >= 15 is 0 Å². The van der Waals surface area contributed by atoms with Gasteiger partial charge in [0.2, 0.25) is 0 Å². The van der Waals surface area contributed by atoms with Crippen molar-refractivity contribution in [2.45, 2.75) is 40.2 Å². The Morgan fingerprint density at radius 3 is 2.26 bits per heavy atom. The fourth-order valence-corrected chi connectivity index (χ4v) is 1.64. The SMILES string of the molecule is Cc1nc(Nc2cc(C)on2)cc(NC(C)(C)C)n1. The van der Waals surface area contributed by atoms with Crippen LogP contribution in [0.4, 0.5) is 17.5 Å². The van der Waals surface area contributed by atoms with Crippen molar-refractivity contribution in [2.75, 3.05) is 10.6 Å². The predicted molar refractivity (Wildman–Crippen MR) is 74.7 cm³/mol. The maximum atomic E-state index is 5.01. The maximum absolute atomic E-state index is 5.01. The van der Waals surface area contributed by atoms with Crippen molar-refractivity contribution in [2.24, 2.45) is 0 Å². The number of hydrogen-bond acceptors (Lipinski definition) is 6. The highest BCUT2D eigenvalue weighted by Crippen LogP contribution is 2.19.